The van der Waals surface area contributed by atoms with E-state index in [-0.39, 0.29) is 12.4 Å². The molecule has 1 N–H and O–H groups in total. The fraction of sp³-hybridized carbons (Fsp3) is 0.150. The molecule has 0 saturated heterocycles. The monoisotopic (exact) mass is 364 g/mol. The largest absolute Gasteiger partial charge is 0.496 e. The number of aliphatic imine (C=N–C) groups is 1. The Morgan fingerprint density at radius 1 is 1.41 bits per heavy atom. The molecule has 0 bridgehead atoms. The van der Waals surface area contributed by atoms with Crippen molar-refractivity contribution >= 4 is 22.9 Å². The first-order chi connectivity index (χ1) is 13.1. The summed E-state index contributed by atoms with van der Waals surface area (Å²) in [5.41, 5.74) is 2.66. The van der Waals surface area contributed by atoms with Crippen LogP contribution in [-0.2, 0) is 0 Å². The lowest BCUT2D eigenvalue weighted by Crippen LogP contribution is -2.16. The van der Waals surface area contributed by atoms with Crippen LogP contribution in [0.2, 0.25) is 0 Å². The number of benzene rings is 1. The second kappa shape index (κ2) is 8.18. The lowest BCUT2D eigenvalue weighted by Gasteiger charge is -2.08. The van der Waals surface area contributed by atoms with E-state index < -0.39 is 0 Å². The van der Waals surface area contributed by atoms with Gasteiger partial charge in [0.15, 0.2) is 6.73 Å². The van der Waals surface area contributed by atoms with Crippen LogP contribution in [0.1, 0.15) is 5.56 Å². The van der Waals surface area contributed by atoms with Crippen LogP contribution in [0.4, 0.5) is 0 Å². The molecule has 2 aromatic heterocycles. The molecule has 0 aliphatic carbocycles. The maximum atomic E-state index is 12.3. The number of nitrogens with zero attached hydrogens (tertiary/aromatic N) is 3. The van der Waals surface area contributed by atoms with Gasteiger partial charge in [0.25, 0.3) is 0 Å². The average Bonchev–Trinajstić information content (AvgIpc) is 3.01. The summed E-state index contributed by atoms with van der Waals surface area (Å²) in [7, 11) is 1.62. The molecule has 7 nitrogen and oxygen atoms in total. The lowest BCUT2D eigenvalue weighted by atomic mass is 10.2. The highest BCUT2D eigenvalue weighted by Gasteiger charge is 2.09. The lowest BCUT2D eigenvalue weighted by molar-refractivity contribution is 0.328. The Morgan fingerprint density at radius 3 is 3.04 bits per heavy atom. The van der Waals surface area contributed by atoms with E-state index >= 15 is 0 Å². The second-order valence-electron chi connectivity index (χ2n) is 5.70. The van der Waals surface area contributed by atoms with Crippen molar-refractivity contribution in [3.8, 4) is 11.5 Å². The van der Waals surface area contributed by atoms with Gasteiger partial charge in [0.05, 0.1) is 30.0 Å². The van der Waals surface area contributed by atoms with Gasteiger partial charge in [0, 0.05) is 18.5 Å². The number of aryl methyl sites for hydroxylation is 1. The van der Waals surface area contributed by atoms with E-state index in [1.807, 2.05) is 19.1 Å². The second-order valence-corrected chi connectivity index (χ2v) is 5.70. The molecule has 0 aliphatic heterocycles. The summed E-state index contributed by atoms with van der Waals surface area (Å²) in [6.45, 7) is 5.75. The maximum absolute atomic E-state index is 12.3. The smallest absolute Gasteiger partial charge is 0.331 e. The third kappa shape index (κ3) is 3.98. The summed E-state index contributed by atoms with van der Waals surface area (Å²) in [6, 6.07) is 7.31. The van der Waals surface area contributed by atoms with Gasteiger partial charge in [0.2, 0.25) is 0 Å². The SMILES string of the molecule is C=C/C=C(\C=NCOc1ccc(C)c(OC)c1)n1c(=O)[nH]c2ccncc21. The average molecular weight is 364 g/mol. The molecule has 2 heterocycles. The number of hydrogen-bond acceptors (Lipinski definition) is 5. The molecule has 3 aromatic rings. The number of hydrogen-bond donors (Lipinski definition) is 1. The molecule has 0 spiro atoms. The highest BCUT2D eigenvalue weighted by atomic mass is 16.5. The predicted molar refractivity (Wildman–Crippen MR) is 107 cm³/mol. The fourth-order valence-corrected chi connectivity index (χ4v) is 2.64. The molecule has 138 valence electrons. The Kier molecular flexibility index (Phi) is 5.51. The third-order valence-electron chi connectivity index (χ3n) is 3.94. The van der Waals surface area contributed by atoms with E-state index in [1.54, 1.807) is 50.0 Å². The molecule has 0 atom stereocenters. The molecule has 1 aromatic carbocycles. The maximum Gasteiger partial charge on any atom is 0.331 e. The molecular formula is C20H20N4O3. The molecular weight excluding hydrogens is 344 g/mol. The van der Waals surface area contributed by atoms with Crippen molar-refractivity contribution in [3.63, 3.8) is 0 Å². The number of ether oxygens (including phenoxy) is 2. The molecule has 0 radical (unpaired) electrons. The first kappa shape index (κ1) is 18.2. The number of nitrogens with one attached hydrogen (secondary N) is 1. The number of pyridine rings is 1. The number of imidazole rings is 1. The van der Waals surface area contributed by atoms with E-state index in [4.69, 9.17) is 9.47 Å². The highest BCUT2D eigenvalue weighted by Crippen LogP contribution is 2.23. The van der Waals surface area contributed by atoms with Crippen molar-refractivity contribution in [1.29, 1.82) is 0 Å². The molecule has 3 rings (SSSR count). The van der Waals surface area contributed by atoms with E-state index in [9.17, 15) is 4.79 Å². The number of rotatable bonds is 7. The molecule has 0 unspecified atom stereocenters. The zero-order valence-electron chi connectivity index (χ0n) is 15.2. The van der Waals surface area contributed by atoms with Crippen molar-refractivity contribution in [2.24, 2.45) is 4.99 Å². The van der Waals surface area contributed by atoms with Crippen molar-refractivity contribution in [2.75, 3.05) is 13.8 Å². The Labute approximate surface area is 156 Å². The van der Waals surface area contributed by atoms with Crippen LogP contribution >= 0.6 is 0 Å². The van der Waals surface area contributed by atoms with E-state index in [1.165, 1.54) is 4.57 Å². The third-order valence-corrected chi connectivity index (χ3v) is 3.94. The van der Waals surface area contributed by atoms with E-state index in [0.29, 0.717) is 22.5 Å². The summed E-state index contributed by atoms with van der Waals surface area (Å²) in [5, 5.41) is 0. The molecule has 27 heavy (non-hydrogen) atoms. The Bertz CT molecular complexity index is 1080. The number of H-pyrrole nitrogens is 1. The first-order valence-electron chi connectivity index (χ1n) is 8.29. The van der Waals surface area contributed by atoms with Gasteiger partial charge >= 0.3 is 5.69 Å². The number of aromatic amines is 1. The number of aromatic nitrogens is 3. The fourth-order valence-electron chi connectivity index (χ4n) is 2.64. The van der Waals surface area contributed by atoms with Crippen molar-refractivity contribution < 1.29 is 9.47 Å². The first-order valence-corrected chi connectivity index (χ1v) is 8.29. The number of methoxy groups -OCH3 is 1. The van der Waals surface area contributed by atoms with Gasteiger partial charge in [-0.25, -0.2) is 4.79 Å². The van der Waals surface area contributed by atoms with Crippen molar-refractivity contribution in [1.82, 2.24) is 14.5 Å². The van der Waals surface area contributed by atoms with Crippen LogP contribution in [-0.4, -0.2) is 34.6 Å². The van der Waals surface area contributed by atoms with Gasteiger partial charge in [0.1, 0.15) is 11.5 Å². The number of allylic oxidation sites excluding steroid dienone is 3. The van der Waals surface area contributed by atoms with Crippen LogP contribution in [0.3, 0.4) is 0 Å². The summed E-state index contributed by atoms with van der Waals surface area (Å²) in [5.74, 6) is 1.40. The van der Waals surface area contributed by atoms with Gasteiger partial charge in [-0.2, -0.15) is 0 Å². The summed E-state index contributed by atoms with van der Waals surface area (Å²) in [6.07, 6.45) is 8.09. The van der Waals surface area contributed by atoms with E-state index in [2.05, 4.69) is 21.5 Å². The minimum Gasteiger partial charge on any atom is -0.496 e. The van der Waals surface area contributed by atoms with Crippen LogP contribution in [0.5, 0.6) is 11.5 Å². The van der Waals surface area contributed by atoms with E-state index in [0.717, 1.165) is 11.3 Å². The van der Waals surface area contributed by atoms with Gasteiger partial charge in [-0.15, -0.1) is 0 Å². The summed E-state index contributed by atoms with van der Waals surface area (Å²) in [4.78, 5) is 23.4. The molecule has 0 saturated carbocycles. The normalized spacial score (nSPS) is 11.9. The minimum absolute atomic E-state index is 0.0933. The van der Waals surface area contributed by atoms with Gasteiger partial charge in [-0.1, -0.05) is 18.7 Å². The zero-order chi connectivity index (χ0) is 19.2. The van der Waals surface area contributed by atoms with Crippen molar-refractivity contribution in [2.45, 2.75) is 6.92 Å². The summed E-state index contributed by atoms with van der Waals surface area (Å²) >= 11 is 0. The van der Waals surface area contributed by atoms with Gasteiger partial charge in [-0.05, 0) is 30.7 Å². The summed E-state index contributed by atoms with van der Waals surface area (Å²) < 4.78 is 12.4. The van der Waals surface area contributed by atoms with Gasteiger partial charge < -0.3 is 14.5 Å². The molecule has 0 amide bonds. The quantitative estimate of drug-likeness (QED) is 0.516. The van der Waals surface area contributed by atoms with Crippen LogP contribution < -0.4 is 15.2 Å². The predicted octanol–water partition coefficient (Wildman–Crippen LogP) is 3.18. The topological polar surface area (TPSA) is 81.5 Å². The molecule has 7 heteroatoms. The van der Waals surface area contributed by atoms with Crippen molar-refractivity contribution in [3.05, 3.63) is 71.4 Å². The molecule has 0 aliphatic rings. The Balaban J connectivity index is 1.79. The molecule has 0 fully saturated rings. The number of fused-ring (bicyclic) bond motifs is 1. The zero-order valence-corrected chi connectivity index (χ0v) is 15.2. The van der Waals surface area contributed by atoms with Crippen LogP contribution in [0.15, 0.2) is 65.2 Å². The minimum atomic E-state index is -0.276. The standard InChI is InChI=1S/C20H20N4O3/c1-4-5-15(24-18-12-21-9-8-17(18)23-20(24)25)11-22-13-27-16-7-6-14(2)19(10-16)26-3/h4-12H,1,13H2,2-3H3,(H,23,25)/b15-5+,22-11?. The van der Waals surface area contributed by atoms with Gasteiger partial charge in [-0.3, -0.25) is 14.5 Å². The van der Waals surface area contributed by atoms with Crippen LogP contribution in [0, 0.1) is 6.92 Å². The van der Waals surface area contributed by atoms with Crippen LogP contribution in [0.25, 0.3) is 16.7 Å². The highest BCUT2D eigenvalue weighted by molar-refractivity contribution is 6.05. The Hall–Kier alpha value is -3.61. The Morgan fingerprint density at radius 2 is 2.26 bits per heavy atom.